The van der Waals surface area contributed by atoms with Gasteiger partial charge in [-0.1, -0.05) is 59.8 Å². The lowest BCUT2D eigenvalue weighted by Gasteiger charge is -2.14. The molecule has 0 radical (unpaired) electrons. The largest absolute Gasteiger partial charge is 0.326 e. The van der Waals surface area contributed by atoms with Crippen LogP contribution in [0.3, 0.4) is 0 Å². The molecule has 4 aromatic rings. The van der Waals surface area contributed by atoms with Crippen LogP contribution in [0.2, 0.25) is 5.02 Å². The number of carbonyl (C=O) groups excluding carboxylic acids is 1. The van der Waals surface area contributed by atoms with Gasteiger partial charge in [-0.2, -0.15) is 10.2 Å². The molecule has 0 saturated carbocycles. The molecule has 2 aromatic heterocycles. The second kappa shape index (κ2) is 10.2. The molecule has 2 heterocycles. The van der Waals surface area contributed by atoms with Gasteiger partial charge < -0.3 is 5.32 Å². The van der Waals surface area contributed by atoms with Crippen LogP contribution in [0, 0.1) is 25.2 Å². The van der Waals surface area contributed by atoms with Gasteiger partial charge in [0.05, 0.1) is 12.0 Å². The molecule has 0 aliphatic carbocycles. The number of aryl methyl sites for hydroxylation is 2. The highest BCUT2D eigenvalue weighted by molar-refractivity contribution is 7.98. The van der Waals surface area contributed by atoms with Crippen molar-refractivity contribution in [3.8, 4) is 6.07 Å². The molecule has 0 spiro atoms. The third kappa shape index (κ3) is 4.91. The summed E-state index contributed by atoms with van der Waals surface area (Å²) in [4.78, 5) is 21.6. The molecule has 0 saturated heterocycles. The Kier molecular flexibility index (Phi) is 7.15. The van der Waals surface area contributed by atoms with Crippen LogP contribution in [-0.4, -0.2) is 31.7 Å². The van der Waals surface area contributed by atoms with E-state index >= 15 is 0 Å². The molecule has 2 aromatic carbocycles. The minimum Gasteiger partial charge on any atom is -0.326 e. The lowest BCUT2D eigenvalue weighted by atomic mass is 9.92. The summed E-state index contributed by atoms with van der Waals surface area (Å²) >= 11 is 7.95. The van der Waals surface area contributed by atoms with Crippen LogP contribution < -0.4 is 5.32 Å². The molecule has 4 rings (SSSR count). The van der Waals surface area contributed by atoms with E-state index in [-0.39, 0.29) is 12.3 Å². The molecule has 1 amide bonds. The van der Waals surface area contributed by atoms with Gasteiger partial charge in [0.1, 0.15) is 0 Å². The van der Waals surface area contributed by atoms with Gasteiger partial charge in [-0.15, -0.1) is 5.10 Å². The average Bonchev–Trinajstić information content (AvgIpc) is 3.25. The third-order valence-electron chi connectivity index (χ3n) is 5.67. The van der Waals surface area contributed by atoms with Gasteiger partial charge in [0.25, 0.3) is 5.78 Å². The Morgan fingerprint density at radius 3 is 2.65 bits per heavy atom. The van der Waals surface area contributed by atoms with E-state index in [1.807, 2.05) is 50.4 Å². The van der Waals surface area contributed by atoms with E-state index in [2.05, 4.69) is 26.5 Å². The van der Waals surface area contributed by atoms with E-state index in [4.69, 9.17) is 11.6 Å². The summed E-state index contributed by atoms with van der Waals surface area (Å²) in [5.41, 5.74) is 4.92. The van der Waals surface area contributed by atoms with Crippen LogP contribution >= 0.6 is 23.4 Å². The predicted molar refractivity (Wildman–Crippen MR) is 134 cm³/mol. The number of fused-ring (bicyclic) bond motifs is 1. The minimum absolute atomic E-state index is 0.133. The van der Waals surface area contributed by atoms with Crippen molar-refractivity contribution in [1.82, 2.24) is 19.6 Å². The van der Waals surface area contributed by atoms with Crippen molar-refractivity contribution in [3.63, 3.8) is 0 Å². The van der Waals surface area contributed by atoms with Gasteiger partial charge >= 0.3 is 0 Å². The average molecular weight is 491 g/mol. The number of rotatable bonds is 7. The number of hydrogen-bond donors (Lipinski definition) is 1. The number of amides is 1. The number of thioether (sulfide) groups is 1. The van der Waals surface area contributed by atoms with Crippen LogP contribution in [0.25, 0.3) is 5.78 Å². The molecule has 0 bridgehead atoms. The normalized spacial score (nSPS) is 11.9. The maximum absolute atomic E-state index is 12.7. The quantitative estimate of drug-likeness (QED) is 0.351. The maximum Gasteiger partial charge on any atom is 0.253 e. The van der Waals surface area contributed by atoms with Gasteiger partial charge in [-0.25, -0.2) is 9.50 Å². The number of anilines is 1. The van der Waals surface area contributed by atoms with E-state index in [9.17, 15) is 10.1 Å². The van der Waals surface area contributed by atoms with Crippen molar-refractivity contribution in [2.24, 2.45) is 0 Å². The summed E-state index contributed by atoms with van der Waals surface area (Å²) in [5.74, 6) is -0.0466. The fourth-order valence-electron chi connectivity index (χ4n) is 3.91. The van der Waals surface area contributed by atoms with E-state index < -0.39 is 5.92 Å². The van der Waals surface area contributed by atoms with Gasteiger partial charge in [0.2, 0.25) is 11.1 Å². The first-order valence-corrected chi connectivity index (χ1v) is 12.3. The number of halogens is 1. The van der Waals surface area contributed by atoms with Gasteiger partial charge in [0.15, 0.2) is 0 Å². The Morgan fingerprint density at radius 1 is 1.21 bits per heavy atom. The van der Waals surface area contributed by atoms with Gasteiger partial charge in [-0.3, -0.25) is 4.79 Å². The fraction of sp³-hybridized carbons (Fsp3) is 0.240. The number of nitrogens with one attached hydrogen (secondary N) is 1. The number of hydrogen-bond acceptors (Lipinski definition) is 6. The summed E-state index contributed by atoms with van der Waals surface area (Å²) in [6, 6.07) is 17.1. The van der Waals surface area contributed by atoms with Crippen LogP contribution in [0.4, 0.5) is 5.69 Å². The van der Waals surface area contributed by atoms with E-state index in [1.54, 1.807) is 22.7 Å². The zero-order valence-corrected chi connectivity index (χ0v) is 20.6. The Balaban J connectivity index is 1.46. The molecule has 172 valence electrons. The Bertz CT molecular complexity index is 1400. The summed E-state index contributed by atoms with van der Waals surface area (Å²) in [6.07, 6.45) is 2.73. The van der Waals surface area contributed by atoms with E-state index in [0.29, 0.717) is 33.6 Å². The summed E-state index contributed by atoms with van der Waals surface area (Å²) in [6.45, 7) is 3.88. The van der Waals surface area contributed by atoms with Crippen LogP contribution in [0.5, 0.6) is 0 Å². The topological polar surface area (TPSA) is 96.0 Å². The smallest absolute Gasteiger partial charge is 0.253 e. The molecule has 1 N–H and O–H groups in total. The number of benzene rings is 2. The molecule has 0 unspecified atom stereocenters. The molecule has 1 atom stereocenters. The van der Waals surface area contributed by atoms with Crippen molar-refractivity contribution in [1.29, 1.82) is 5.26 Å². The molecule has 0 aliphatic rings. The Morgan fingerprint density at radius 2 is 1.97 bits per heavy atom. The van der Waals surface area contributed by atoms with Crippen molar-refractivity contribution in [3.05, 3.63) is 81.6 Å². The molecule has 34 heavy (non-hydrogen) atoms. The Labute approximate surface area is 207 Å². The lowest BCUT2D eigenvalue weighted by molar-refractivity contribution is -0.116. The number of carbonyl (C=O) groups is 1. The number of aromatic nitrogens is 4. The maximum atomic E-state index is 12.7. The van der Waals surface area contributed by atoms with Crippen LogP contribution in [-0.2, 0) is 11.2 Å². The molecular formula is C25H23ClN6OS. The van der Waals surface area contributed by atoms with Crippen LogP contribution in [0.15, 0.2) is 53.7 Å². The number of nitrogens with zero attached hydrogens (tertiary/aromatic N) is 5. The first-order chi connectivity index (χ1) is 16.4. The Hall–Kier alpha value is -3.41. The van der Waals surface area contributed by atoms with Gasteiger partial charge in [0, 0.05) is 28.5 Å². The standard InChI is InChI=1S/C25H23ClN6OS/c1-15-19(16(2)32-24(28-15)30-25(31-32)34-3)11-12-23(33)29-18-9-10-20(22(26)13-18)21(14-27)17-7-5-4-6-8-17/h4-10,13,21H,11-12H2,1-3H3,(H,29,33)/t21-/m1/s1. The monoisotopic (exact) mass is 490 g/mol. The SMILES string of the molecule is CSc1nc2nc(C)c(CCC(=O)Nc3ccc([C@H](C#N)c4ccccc4)c(Cl)c3)c(C)n2n1. The third-order valence-corrected chi connectivity index (χ3v) is 6.54. The second-order valence-electron chi connectivity index (χ2n) is 7.83. The first kappa shape index (κ1) is 23.7. The van der Waals surface area contributed by atoms with Crippen LogP contribution in [0.1, 0.15) is 40.4 Å². The lowest BCUT2D eigenvalue weighted by Crippen LogP contribution is -2.14. The van der Waals surface area contributed by atoms with Gasteiger partial charge in [-0.05, 0) is 55.3 Å². The zero-order valence-electron chi connectivity index (χ0n) is 19.0. The van der Waals surface area contributed by atoms with Crippen molar-refractivity contribution >= 4 is 40.7 Å². The van der Waals surface area contributed by atoms with E-state index in [0.717, 1.165) is 22.5 Å². The minimum atomic E-state index is -0.477. The molecule has 9 heteroatoms. The summed E-state index contributed by atoms with van der Waals surface area (Å²) < 4.78 is 1.73. The summed E-state index contributed by atoms with van der Waals surface area (Å²) in [7, 11) is 0. The highest BCUT2D eigenvalue weighted by atomic mass is 35.5. The predicted octanol–water partition coefficient (Wildman–Crippen LogP) is 5.34. The number of nitriles is 1. The molecule has 7 nitrogen and oxygen atoms in total. The fourth-order valence-corrected chi connectivity index (χ4v) is 4.53. The highest BCUT2D eigenvalue weighted by Gasteiger charge is 2.18. The van der Waals surface area contributed by atoms with E-state index in [1.165, 1.54) is 11.8 Å². The first-order valence-electron chi connectivity index (χ1n) is 10.7. The van der Waals surface area contributed by atoms with Crippen molar-refractivity contribution in [2.75, 3.05) is 11.6 Å². The zero-order chi connectivity index (χ0) is 24.2. The van der Waals surface area contributed by atoms with Crippen molar-refractivity contribution < 1.29 is 4.79 Å². The second-order valence-corrected chi connectivity index (χ2v) is 9.01. The summed E-state index contributed by atoms with van der Waals surface area (Å²) in [5, 5.41) is 18.1. The highest BCUT2D eigenvalue weighted by Crippen LogP contribution is 2.32. The molecule has 0 fully saturated rings. The molecular weight excluding hydrogens is 468 g/mol. The molecule has 0 aliphatic heterocycles. The van der Waals surface area contributed by atoms with Crippen molar-refractivity contribution in [2.45, 2.75) is 37.8 Å².